The van der Waals surface area contributed by atoms with E-state index in [-0.39, 0.29) is 0 Å². The second-order valence-electron chi connectivity index (χ2n) is 4.83. The fourth-order valence-corrected chi connectivity index (χ4v) is 3.35. The third-order valence-corrected chi connectivity index (χ3v) is 4.48. The topological polar surface area (TPSA) is 20.2 Å². The van der Waals surface area contributed by atoms with Crippen molar-refractivity contribution in [1.82, 2.24) is 0 Å². The Labute approximate surface area is 123 Å². The largest absolute Gasteiger partial charge is 0.376 e. The number of hydrogen-bond donors (Lipinski definition) is 1. The van der Waals surface area contributed by atoms with Gasteiger partial charge >= 0.3 is 0 Å². The van der Waals surface area contributed by atoms with Gasteiger partial charge in [-0.2, -0.15) is 0 Å². The minimum atomic E-state index is -1.09. The van der Waals surface area contributed by atoms with Crippen LogP contribution in [0.3, 0.4) is 0 Å². The van der Waals surface area contributed by atoms with E-state index in [0.29, 0.717) is 0 Å². The molecule has 1 N–H and O–H groups in total. The quantitative estimate of drug-likeness (QED) is 0.756. The maximum Gasteiger partial charge on any atom is 0.141 e. The van der Waals surface area contributed by atoms with Crippen molar-refractivity contribution >= 4 is 11.3 Å². The fourth-order valence-electron chi connectivity index (χ4n) is 2.60. The van der Waals surface area contributed by atoms with E-state index in [2.05, 4.69) is 6.92 Å². The molecule has 1 heterocycles. The molecule has 20 heavy (non-hydrogen) atoms. The number of aliphatic hydroxyl groups is 1. The van der Waals surface area contributed by atoms with Crippen LogP contribution >= 0.6 is 11.3 Å². The summed E-state index contributed by atoms with van der Waals surface area (Å²) < 4.78 is 0. The van der Waals surface area contributed by atoms with E-state index in [9.17, 15) is 5.11 Å². The van der Waals surface area contributed by atoms with Gasteiger partial charge in [0.25, 0.3) is 0 Å². The molecule has 0 amide bonds. The molecule has 3 rings (SSSR count). The molecule has 0 aliphatic carbocycles. The molecule has 0 radical (unpaired) electrons. The van der Waals surface area contributed by atoms with E-state index in [1.54, 1.807) is 11.3 Å². The molecular weight excluding hydrogens is 264 g/mol. The van der Waals surface area contributed by atoms with Gasteiger partial charge in [-0.15, -0.1) is 11.3 Å². The van der Waals surface area contributed by atoms with E-state index >= 15 is 0 Å². The zero-order chi connectivity index (χ0) is 14.0. The van der Waals surface area contributed by atoms with Crippen LogP contribution in [-0.2, 0) is 5.60 Å². The summed E-state index contributed by atoms with van der Waals surface area (Å²) in [4.78, 5) is 1.14. The first-order valence-electron chi connectivity index (χ1n) is 6.61. The number of aryl methyl sites for hydroxylation is 1. The lowest BCUT2D eigenvalue weighted by Crippen LogP contribution is -2.28. The van der Waals surface area contributed by atoms with Crippen LogP contribution in [0.25, 0.3) is 0 Å². The summed E-state index contributed by atoms with van der Waals surface area (Å²) in [7, 11) is 0. The predicted molar refractivity (Wildman–Crippen MR) is 84.0 cm³/mol. The van der Waals surface area contributed by atoms with Crippen LogP contribution in [0.5, 0.6) is 0 Å². The van der Waals surface area contributed by atoms with Gasteiger partial charge in [0.1, 0.15) is 5.60 Å². The van der Waals surface area contributed by atoms with Gasteiger partial charge in [-0.25, -0.2) is 0 Å². The van der Waals surface area contributed by atoms with E-state index in [0.717, 1.165) is 21.6 Å². The summed E-state index contributed by atoms with van der Waals surface area (Å²) in [6.45, 7) is 2.05. The Bertz CT molecular complexity index is 646. The van der Waals surface area contributed by atoms with Gasteiger partial charge in [-0.3, -0.25) is 0 Å². The van der Waals surface area contributed by atoms with Crippen molar-refractivity contribution < 1.29 is 5.11 Å². The minimum Gasteiger partial charge on any atom is -0.376 e. The Kier molecular flexibility index (Phi) is 3.43. The SMILES string of the molecule is Cc1sccc1C(O)(c1ccccc1)c1ccccc1. The highest BCUT2D eigenvalue weighted by atomic mass is 32.1. The molecule has 1 aromatic heterocycles. The third-order valence-electron chi connectivity index (χ3n) is 3.63. The van der Waals surface area contributed by atoms with Gasteiger partial charge in [-0.05, 0) is 29.5 Å². The molecule has 2 heteroatoms. The molecule has 0 bridgehead atoms. The maximum absolute atomic E-state index is 11.5. The maximum atomic E-state index is 11.5. The number of thiophene rings is 1. The second-order valence-corrected chi connectivity index (χ2v) is 5.95. The summed E-state index contributed by atoms with van der Waals surface area (Å²) in [6.07, 6.45) is 0. The first-order chi connectivity index (χ1) is 9.73. The summed E-state index contributed by atoms with van der Waals surface area (Å²) in [5.74, 6) is 0. The Morgan fingerprint density at radius 3 is 1.70 bits per heavy atom. The summed E-state index contributed by atoms with van der Waals surface area (Å²) in [5, 5.41) is 13.5. The van der Waals surface area contributed by atoms with Crippen molar-refractivity contribution in [3.05, 3.63) is 93.7 Å². The first kappa shape index (κ1) is 13.1. The van der Waals surface area contributed by atoms with Crippen LogP contribution < -0.4 is 0 Å². The fraction of sp³-hybridized carbons (Fsp3) is 0.111. The molecule has 0 saturated heterocycles. The normalized spacial score (nSPS) is 11.5. The van der Waals surface area contributed by atoms with Crippen LogP contribution in [0, 0.1) is 6.92 Å². The van der Waals surface area contributed by atoms with Crippen molar-refractivity contribution in [2.24, 2.45) is 0 Å². The highest BCUT2D eigenvalue weighted by Crippen LogP contribution is 2.39. The second kappa shape index (κ2) is 5.23. The molecule has 0 saturated carbocycles. The summed E-state index contributed by atoms with van der Waals surface area (Å²) in [6, 6.07) is 21.7. The average molecular weight is 280 g/mol. The molecule has 100 valence electrons. The van der Waals surface area contributed by atoms with E-state index < -0.39 is 5.60 Å². The van der Waals surface area contributed by atoms with E-state index in [1.165, 1.54) is 0 Å². The lowest BCUT2D eigenvalue weighted by Gasteiger charge is -2.30. The van der Waals surface area contributed by atoms with E-state index in [4.69, 9.17) is 0 Å². The molecule has 0 atom stereocenters. The van der Waals surface area contributed by atoms with Crippen LogP contribution in [0.15, 0.2) is 72.1 Å². The molecule has 0 fully saturated rings. The van der Waals surface area contributed by atoms with Gasteiger partial charge in [0.05, 0.1) is 0 Å². The Morgan fingerprint density at radius 2 is 1.30 bits per heavy atom. The van der Waals surface area contributed by atoms with Crippen LogP contribution in [-0.4, -0.2) is 5.11 Å². The standard InChI is InChI=1S/C18H16OS/c1-14-17(12-13-20-14)18(19,15-8-4-2-5-9-15)16-10-6-3-7-11-16/h2-13,19H,1H3. The van der Waals surface area contributed by atoms with Crippen molar-refractivity contribution in [2.75, 3.05) is 0 Å². The lowest BCUT2D eigenvalue weighted by atomic mass is 9.81. The monoisotopic (exact) mass is 280 g/mol. The number of benzene rings is 2. The van der Waals surface area contributed by atoms with Crippen LogP contribution in [0.1, 0.15) is 21.6 Å². The van der Waals surface area contributed by atoms with Crippen molar-refractivity contribution in [2.45, 2.75) is 12.5 Å². The van der Waals surface area contributed by atoms with Crippen molar-refractivity contribution in [3.8, 4) is 0 Å². The van der Waals surface area contributed by atoms with Gasteiger partial charge in [0, 0.05) is 10.4 Å². The molecule has 0 aliphatic heterocycles. The van der Waals surface area contributed by atoms with Crippen LogP contribution in [0.2, 0.25) is 0 Å². The zero-order valence-corrected chi connectivity index (χ0v) is 12.1. The van der Waals surface area contributed by atoms with Gasteiger partial charge in [-0.1, -0.05) is 60.7 Å². The molecular formula is C18H16OS. The highest BCUT2D eigenvalue weighted by Gasteiger charge is 2.35. The van der Waals surface area contributed by atoms with Crippen molar-refractivity contribution in [3.63, 3.8) is 0 Å². The van der Waals surface area contributed by atoms with Crippen molar-refractivity contribution in [1.29, 1.82) is 0 Å². The predicted octanol–water partition coefficient (Wildman–Crippen LogP) is 4.34. The van der Waals surface area contributed by atoms with E-state index in [1.807, 2.05) is 72.1 Å². The number of rotatable bonds is 3. The summed E-state index contributed by atoms with van der Waals surface area (Å²) >= 11 is 1.66. The van der Waals surface area contributed by atoms with Gasteiger partial charge in [0.2, 0.25) is 0 Å². The zero-order valence-electron chi connectivity index (χ0n) is 11.3. The molecule has 0 unspecified atom stereocenters. The molecule has 0 aliphatic rings. The summed E-state index contributed by atoms with van der Waals surface area (Å²) in [5.41, 5.74) is 1.66. The first-order valence-corrected chi connectivity index (χ1v) is 7.49. The number of hydrogen-bond acceptors (Lipinski definition) is 2. The van der Waals surface area contributed by atoms with Crippen LogP contribution in [0.4, 0.5) is 0 Å². The van der Waals surface area contributed by atoms with Gasteiger partial charge in [0.15, 0.2) is 0 Å². The Balaban J connectivity index is 2.27. The molecule has 2 aromatic carbocycles. The average Bonchev–Trinajstić information content (AvgIpc) is 2.95. The lowest BCUT2D eigenvalue weighted by molar-refractivity contribution is 0.125. The van der Waals surface area contributed by atoms with Gasteiger partial charge < -0.3 is 5.11 Å². The smallest absolute Gasteiger partial charge is 0.141 e. The third kappa shape index (κ3) is 2.07. The molecule has 1 nitrogen and oxygen atoms in total. The highest BCUT2D eigenvalue weighted by molar-refractivity contribution is 7.10. The molecule has 0 spiro atoms. The Morgan fingerprint density at radius 1 is 0.800 bits per heavy atom. The molecule has 3 aromatic rings. The Hall–Kier alpha value is -1.90. The minimum absolute atomic E-state index is 0.896.